The summed E-state index contributed by atoms with van der Waals surface area (Å²) in [6.45, 7) is 0. The lowest BCUT2D eigenvalue weighted by Gasteiger charge is -2.05. The number of hydrogen-bond acceptors (Lipinski definition) is 12. The Balaban J connectivity index is 1.22. The van der Waals surface area contributed by atoms with Crippen molar-refractivity contribution in [2.75, 3.05) is 16.4 Å². The largest absolute Gasteiger partial charge is 0.492 e. The number of thioether (sulfide) groups is 1. The Morgan fingerprint density at radius 2 is 1.87 bits per heavy atom. The molecule has 17 heteroatoms. The topological polar surface area (TPSA) is 190 Å². The van der Waals surface area contributed by atoms with Crippen LogP contribution in [0.2, 0.25) is 0 Å². The van der Waals surface area contributed by atoms with Crippen LogP contribution >= 0.6 is 50.4 Å². The zero-order chi connectivity index (χ0) is 27.0. The van der Waals surface area contributed by atoms with Gasteiger partial charge >= 0.3 is 0 Å². The molecule has 2 aromatic heterocycles. The summed E-state index contributed by atoms with van der Waals surface area (Å²) in [5.74, 6) is -1.06. The molecule has 12 nitrogen and oxygen atoms in total. The highest BCUT2D eigenvalue weighted by atomic mass is 79.9. The van der Waals surface area contributed by atoms with Crippen LogP contribution < -0.4 is 26.3 Å². The number of nitrogens with zero attached hydrogens (tertiary/aromatic N) is 4. The van der Waals surface area contributed by atoms with Crippen LogP contribution in [0.3, 0.4) is 0 Å². The molecule has 0 bridgehead atoms. The van der Waals surface area contributed by atoms with Gasteiger partial charge in [0.1, 0.15) is 4.88 Å². The second kappa shape index (κ2) is 10.5. The van der Waals surface area contributed by atoms with Gasteiger partial charge in [-0.2, -0.15) is 4.98 Å². The highest BCUT2D eigenvalue weighted by molar-refractivity contribution is 9.10. The van der Waals surface area contributed by atoms with Gasteiger partial charge in [0, 0.05) is 15.4 Å². The number of thiazole rings is 1. The fourth-order valence-electron chi connectivity index (χ4n) is 3.30. The Hall–Kier alpha value is -3.22. The SMILES string of the molecule is NS(=O)(=O)c1ccc(NC(=O)CSc2nnc(Nc3nc(O)c(C4=c5cc(Br)ccc5=NC4=O)s3)s2)cc1. The molecule has 2 aromatic carbocycles. The van der Waals surface area contributed by atoms with Crippen LogP contribution in [0.4, 0.5) is 16.0 Å². The van der Waals surface area contributed by atoms with Crippen molar-refractivity contribution in [1.82, 2.24) is 15.2 Å². The van der Waals surface area contributed by atoms with Crippen molar-refractivity contribution >= 4 is 93.7 Å². The lowest BCUT2D eigenvalue weighted by molar-refractivity contribution is -0.114. The van der Waals surface area contributed by atoms with Crippen LogP contribution in [0.5, 0.6) is 5.88 Å². The number of benzene rings is 2. The van der Waals surface area contributed by atoms with Gasteiger partial charge in [-0.15, -0.1) is 10.2 Å². The minimum atomic E-state index is -3.81. The standard InChI is InChI=1S/C21H14BrN7O5S4/c22-9-1-6-13-12(7-9)15(17(31)25-13)16-18(32)26-19(36-16)27-20-28-29-21(37-20)35-8-14(30)24-10-2-4-11(5-3-10)38(23,33)34/h1-7,32H,8H2,(H,24,30)(H2,23,33,34)(H,26,27,28). The van der Waals surface area contributed by atoms with E-state index >= 15 is 0 Å². The monoisotopic (exact) mass is 651 g/mol. The van der Waals surface area contributed by atoms with E-state index in [1.807, 2.05) is 0 Å². The Bertz CT molecular complexity index is 1820. The Morgan fingerprint density at radius 3 is 2.61 bits per heavy atom. The van der Waals surface area contributed by atoms with Crippen molar-refractivity contribution in [1.29, 1.82) is 0 Å². The molecule has 4 aromatic rings. The summed E-state index contributed by atoms with van der Waals surface area (Å²) in [6.07, 6.45) is 0. The van der Waals surface area contributed by atoms with Crippen LogP contribution in [0.25, 0.3) is 5.57 Å². The normalized spacial score (nSPS) is 12.8. The van der Waals surface area contributed by atoms with E-state index in [1.165, 1.54) is 35.6 Å². The number of primary sulfonamides is 1. The first-order chi connectivity index (χ1) is 18.1. The molecule has 0 unspecified atom stereocenters. The summed E-state index contributed by atoms with van der Waals surface area (Å²) in [5.41, 5.74) is 0.687. The average molecular weight is 653 g/mol. The third-order valence-electron chi connectivity index (χ3n) is 4.91. The first kappa shape index (κ1) is 26.4. The number of halogens is 1. The molecule has 3 heterocycles. The van der Waals surface area contributed by atoms with Gasteiger partial charge in [-0.25, -0.2) is 18.5 Å². The number of aromatic hydroxyl groups is 1. The van der Waals surface area contributed by atoms with Gasteiger partial charge in [0.05, 0.1) is 21.6 Å². The number of carbonyl (C=O) groups excluding carboxylic acids is 2. The van der Waals surface area contributed by atoms with Crippen LogP contribution in [-0.4, -0.2) is 46.3 Å². The van der Waals surface area contributed by atoms with Crippen LogP contribution in [0.1, 0.15) is 4.88 Å². The van der Waals surface area contributed by atoms with E-state index < -0.39 is 15.9 Å². The predicted octanol–water partition coefficient (Wildman–Crippen LogP) is 1.94. The molecular formula is C21H14BrN7O5S4. The van der Waals surface area contributed by atoms with Gasteiger partial charge in [0.25, 0.3) is 5.91 Å². The predicted molar refractivity (Wildman–Crippen MR) is 147 cm³/mol. The smallest absolute Gasteiger partial charge is 0.279 e. The Morgan fingerprint density at radius 1 is 1.11 bits per heavy atom. The second-order valence-corrected chi connectivity index (χ2v) is 13.2. The first-order valence-corrected chi connectivity index (χ1v) is 15.3. The highest BCUT2D eigenvalue weighted by Crippen LogP contribution is 2.36. The summed E-state index contributed by atoms with van der Waals surface area (Å²) >= 11 is 6.79. The maximum atomic E-state index is 12.5. The van der Waals surface area contributed by atoms with Crippen molar-refractivity contribution in [3.8, 4) is 5.88 Å². The molecule has 0 aliphatic carbocycles. The maximum absolute atomic E-state index is 12.5. The number of fused-ring (bicyclic) bond motifs is 1. The minimum absolute atomic E-state index is 0.0344. The van der Waals surface area contributed by atoms with Gasteiger partial charge in [-0.1, -0.05) is 50.4 Å². The fourth-order valence-corrected chi connectivity index (χ4v) is 6.70. The van der Waals surface area contributed by atoms with E-state index in [0.717, 1.165) is 27.6 Å². The number of nitrogens with two attached hydrogens (primary N) is 1. The minimum Gasteiger partial charge on any atom is -0.492 e. The summed E-state index contributed by atoms with van der Waals surface area (Å²) in [5, 5.41) is 31.0. The lowest BCUT2D eigenvalue weighted by atomic mass is 10.1. The number of anilines is 3. The van der Waals surface area contributed by atoms with Crippen molar-refractivity contribution in [2.24, 2.45) is 10.1 Å². The molecule has 5 rings (SSSR count). The second-order valence-electron chi connectivity index (χ2n) is 7.53. The van der Waals surface area contributed by atoms with Gasteiger partial charge in [-0.05, 0) is 42.5 Å². The molecule has 1 aliphatic rings. The number of carbonyl (C=O) groups is 2. The zero-order valence-electron chi connectivity index (χ0n) is 18.7. The summed E-state index contributed by atoms with van der Waals surface area (Å²) in [7, 11) is -3.81. The fraction of sp³-hybridized carbons (Fsp3) is 0.0476. The van der Waals surface area contributed by atoms with Gasteiger partial charge in [0.2, 0.25) is 26.9 Å². The van der Waals surface area contributed by atoms with Crippen molar-refractivity contribution < 1.29 is 23.1 Å². The molecule has 0 atom stereocenters. The molecule has 38 heavy (non-hydrogen) atoms. The molecule has 0 saturated carbocycles. The third kappa shape index (κ3) is 5.77. The number of nitrogens with one attached hydrogen (secondary N) is 2. The van der Waals surface area contributed by atoms with Crippen LogP contribution in [-0.2, 0) is 19.6 Å². The van der Waals surface area contributed by atoms with Gasteiger partial charge in [0.15, 0.2) is 9.47 Å². The number of aromatic nitrogens is 3. The third-order valence-corrected chi connectivity index (χ3v) is 9.29. The zero-order valence-corrected chi connectivity index (χ0v) is 23.6. The summed E-state index contributed by atoms with van der Waals surface area (Å²) < 4.78 is 23.9. The maximum Gasteiger partial charge on any atom is 0.279 e. The van der Waals surface area contributed by atoms with E-state index in [0.29, 0.717) is 30.9 Å². The Kier molecular flexibility index (Phi) is 7.30. The van der Waals surface area contributed by atoms with E-state index in [1.54, 1.807) is 18.2 Å². The number of sulfonamides is 1. The van der Waals surface area contributed by atoms with E-state index in [2.05, 4.69) is 46.7 Å². The number of rotatable bonds is 8. The molecular weight excluding hydrogens is 638 g/mol. The van der Waals surface area contributed by atoms with Crippen LogP contribution in [0, 0.1) is 0 Å². The number of hydrogen-bond donors (Lipinski definition) is 4. The van der Waals surface area contributed by atoms with Crippen molar-refractivity contribution in [3.63, 3.8) is 0 Å². The lowest BCUT2D eigenvalue weighted by Crippen LogP contribution is -2.22. The number of amides is 2. The van der Waals surface area contributed by atoms with E-state index in [9.17, 15) is 23.1 Å². The molecule has 0 spiro atoms. The molecule has 194 valence electrons. The molecule has 5 N–H and O–H groups in total. The van der Waals surface area contributed by atoms with E-state index in [-0.39, 0.29) is 32.9 Å². The Labute approximate surface area is 234 Å². The quantitative estimate of drug-likeness (QED) is 0.205. The van der Waals surface area contributed by atoms with Crippen molar-refractivity contribution in [3.05, 3.63) is 62.4 Å². The van der Waals surface area contributed by atoms with Gasteiger partial charge in [-0.3, -0.25) is 9.59 Å². The summed E-state index contributed by atoms with van der Waals surface area (Å²) in [4.78, 5) is 33.1. The molecule has 1 aliphatic heterocycles. The van der Waals surface area contributed by atoms with Crippen LogP contribution in [0.15, 0.2) is 61.2 Å². The van der Waals surface area contributed by atoms with E-state index in [4.69, 9.17) is 5.14 Å². The van der Waals surface area contributed by atoms with Gasteiger partial charge < -0.3 is 15.7 Å². The highest BCUT2D eigenvalue weighted by Gasteiger charge is 2.25. The molecule has 0 saturated heterocycles. The molecule has 0 radical (unpaired) electrons. The first-order valence-electron chi connectivity index (χ1n) is 10.4. The average Bonchev–Trinajstić information content (AvgIpc) is 3.54. The molecule has 0 fully saturated rings. The molecule has 2 amide bonds. The van der Waals surface area contributed by atoms with Crippen molar-refractivity contribution in [2.45, 2.75) is 9.24 Å². The summed E-state index contributed by atoms with van der Waals surface area (Å²) in [6, 6.07) is 10.7.